The number of imide groups is 1. The summed E-state index contributed by atoms with van der Waals surface area (Å²) in [7, 11) is 0. The molecular weight excluding hydrogens is 332 g/mol. The number of likely N-dealkylation sites (tertiary alicyclic amines) is 1. The van der Waals surface area contributed by atoms with Gasteiger partial charge in [-0.3, -0.25) is 14.5 Å². The summed E-state index contributed by atoms with van der Waals surface area (Å²) in [6.45, 7) is 1.15. The minimum atomic E-state index is -0.469. The normalized spacial score (nSPS) is 18.6. The largest absolute Gasteiger partial charge is 0.454 e. The van der Waals surface area contributed by atoms with E-state index in [-0.39, 0.29) is 25.0 Å². The van der Waals surface area contributed by atoms with Crippen LogP contribution in [0.5, 0.6) is 11.5 Å². The zero-order valence-corrected chi connectivity index (χ0v) is 14.3. The molecular formula is C20H20N2O4. The molecule has 0 saturated carbocycles. The maximum absolute atomic E-state index is 12.5. The second-order valence-corrected chi connectivity index (χ2v) is 6.44. The number of benzene rings is 2. The van der Waals surface area contributed by atoms with Crippen LogP contribution in [-0.4, -0.2) is 36.1 Å². The predicted octanol–water partition coefficient (Wildman–Crippen LogP) is 1.88. The molecule has 1 fully saturated rings. The maximum atomic E-state index is 12.5. The number of amides is 2. The van der Waals surface area contributed by atoms with Crippen molar-refractivity contribution in [1.29, 1.82) is 0 Å². The highest BCUT2D eigenvalue weighted by Gasteiger charge is 2.37. The van der Waals surface area contributed by atoms with E-state index < -0.39 is 6.04 Å². The lowest BCUT2D eigenvalue weighted by Gasteiger charge is -2.15. The van der Waals surface area contributed by atoms with Crippen LogP contribution in [0, 0.1) is 0 Å². The minimum absolute atomic E-state index is 0.117. The fourth-order valence-electron chi connectivity index (χ4n) is 3.26. The number of fused-ring (bicyclic) bond motifs is 1. The van der Waals surface area contributed by atoms with E-state index in [9.17, 15) is 9.59 Å². The Bertz CT molecular complexity index is 822. The lowest BCUT2D eigenvalue weighted by Crippen LogP contribution is -2.39. The third-order valence-electron chi connectivity index (χ3n) is 4.70. The van der Waals surface area contributed by atoms with Gasteiger partial charge in [0.05, 0.1) is 12.5 Å². The van der Waals surface area contributed by atoms with Crippen molar-refractivity contribution in [3.8, 4) is 11.5 Å². The van der Waals surface area contributed by atoms with Gasteiger partial charge < -0.3 is 14.8 Å². The van der Waals surface area contributed by atoms with Crippen LogP contribution < -0.4 is 14.8 Å². The molecule has 2 aromatic rings. The minimum Gasteiger partial charge on any atom is -0.454 e. The second-order valence-electron chi connectivity index (χ2n) is 6.44. The first-order valence-electron chi connectivity index (χ1n) is 8.71. The standard InChI is InChI=1S/C20H20N2O4/c23-19-11-16(20(24)22(19)9-8-14-4-2-1-3-5-14)21-12-15-6-7-17-18(10-15)26-13-25-17/h1-7,10,16,21H,8-9,11-13H2/t16-/m0/s1. The second kappa shape index (κ2) is 7.17. The summed E-state index contributed by atoms with van der Waals surface area (Å²) in [5.41, 5.74) is 2.10. The number of carbonyl (C=O) groups excluding carboxylic acids is 2. The molecule has 1 saturated heterocycles. The summed E-state index contributed by atoms with van der Waals surface area (Å²) in [6, 6.07) is 15.1. The first-order valence-corrected chi connectivity index (χ1v) is 8.71. The van der Waals surface area contributed by atoms with Crippen molar-refractivity contribution < 1.29 is 19.1 Å². The van der Waals surface area contributed by atoms with E-state index >= 15 is 0 Å². The highest BCUT2D eigenvalue weighted by molar-refractivity contribution is 6.05. The number of hydrogen-bond acceptors (Lipinski definition) is 5. The van der Waals surface area contributed by atoms with Crippen molar-refractivity contribution in [2.24, 2.45) is 0 Å². The van der Waals surface area contributed by atoms with Gasteiger partial charge in [-0.2, -0.15) is 0 Å². The summed E-state index contributed by atoms with van der Waals surface area (Å²) in [5.74, 6) is 1.18. The zero-order chi connectivity index (χ0) is 17.9. The summed E-state index contributed by atoms with van der Waals surface area (Å²) in [5, 5.41) is 3.19. The monoisotopic (exact) mass is 352 g/mol. The molecule has 6 nitrogen and oxygen atoms in total. The van der Waals surface area contributed by atoms with Gasteiger partial charge in [0.1, 0.15) is 0 Å². The molecule has 134 valence electrons. The predicted molar refractivity (Wildman–Crippen MR) is 94.7 cm³/mol. The number of nitrogens with one attached hydrogen (secondary N) is 1. The van der Waals surface area contributed by atoms with Crippen molar-refractivity contribution in [3.05, 3.63) is 59.7 Å². The Balaban J connectivity index is 1.33. The molecule has 2 amide bonds. The topological polar surface area (TPSA) is 67.9 Å². The van der Waals surface area contributed by atoms with E-state index in [2.05, 4.69) is 5.32 Å². The van der Waals surface area contributed by atoms with E-state index in [1.54, 1.807) is 0 Å². The van der Waals surface area contributed by atoms with Crippen LogP contribution in [0.15, 0.2) is 48.5 Å². The van der Waals surface area contributed by atoms with Crippen LogP contribution >= 0.6 is 0 Å². The van der Waals surface area contributed by atoms with Crippen molar-refractivity contribution in [1.82, 2.24) is 10.2 Å². The van der Waals surface area contributed by atoms with Crippen LogP contribution in [0.1, 0.15) is 17.5 Å². The molecule has 4 rings (SSSR count). The third kappa shape index (κ3) is 3.41. The van der Waals surface area contributed by atoms with E-state index in [1.807, 2.05) is 48.5 Å². The number of carbonyl (C=O) groups is 2. The molecule has 2 aromatic carbocycles. The molecule has 26 heavy (non-hydrogen) atoms. The van der Waals surface area contributed by atoms with Gasteiger partial charge in [0.25, 0.3) is 0 Å². The van der Waals surface area contributed by atoms with Gasteiger partial charge in [-0.05, 0) is 29.7 Å². The lowest BCUT2D eigenvalue weighted by molar-refractivity contribution is -0.138. The zero-order valence-electron chi connectivity index (χ0n) is 14.3. The van der Waals surface area contributed by atoms with Crippen molar-refractivity contribution >= 4 is 11.8 Å². The SMILES string of the molecule is O=C1C[C@H](NCc2ccc3c(c2)OCO3)C(=O)N1CCc1ccccc1. The Morgan fingerprint density at radius 3 is 2.65 bits per heavy atom. The van der Waals surface area contributed by atoms with Gasteiger partial charge in [0, 0.05) is 13.1 Å². The molecule has 2 aliphatic heterocycles. The van der Waals surface area contributed by atoms with Gasteiger partial charge in [0.15, 0.2) is 11.5 Å². The van der Waals surface area contributed by atoms with E-state index in [0.29, 0.717) is 25.3 Å². The van der Waals surface area contributed by atoms with Crippen LogP contribution in [0.25, 0.3) is 0 Å². The Kier molecular flexibility index (Phi) is 4.58. The number of hydrogen-bond donors (Lipinski definition) is 1. The van der Waals surface area contributed by atoms with Crippen LogP contribution in [-0.2, 0) is 22.6 Å². The van der Waals surface area contributed by atoms with Gasteiger partial charge >= 0.3 is 0 Å². The molecule has 2 aliphatic rings. The number of rotatable bonds is 6. The quantitative estimate of drug-likeness (QED) is 0.804. The first kappa shape index (κ1) is 16.6. The Morgan fingerprint density at radius 2 is 1.81 bits per heavy atom. The van der Waals surface area contributed by atoms with Crippen LogP contribution in [0.3, 0.4) is 0 Å². The lowest BCUT2D eigenvalue weighted by atomic mass is 10.1. The molecule has 6 heteroatoms. The molecule has 0 bridgehead atoms. The molecule has 1 atom stereocenters. The molecule has 0 unspecified atom stereocenters. The van der Waals surface area contributed by atoms with E-state index in [1.165, 1.54) is 4.90 Å². The highest BCUT2D eigenvalue weighted by Crippen LogP contribution is 2.32. The van der Waals surface area contributed by atoms with Gasteiger partial charge in [-0.25, -0.2) is 0 Å². The summed E-state index contributed by atoms with van der Waals surface area (Å²) in [6.07, 6.45) is 0.880. The van der Waals surface area contributed by atoms with Crippen molar-refractivity contribution in [2.45, 2.75) is 25.4 Å². The Hall–Kier alpha value is -2.86. The molecule has 0 aliphatic carbocycles. The first-order chi connectivity index (χ1) is 12.7. The third-order valence-corrected chi connectivity index (χ3v) is 4.70. The van der Waals surface area contributed by atoms with Crippen molar-refractivity contribution in [3.63, 3.8) is 0 Å². The summed E-state index contributed by atoms with van der Waals surface area (Å²) >= 11 is 0. The van der Waals surface area contributed by atoms with Crippen LogP contribution in [0.2, 0.25) is 0 Å². The van der Waals surface area contributed by atoms with Gasteiger partial charge in [0.2, 0.25) is 18.6 Å². The summed E-state index contributed by atoms with van der Waals surface area (Å²) < 4.78 is 10.7. The van der Waals surface area contributed by atoms with Gasteiger partial charge in [-0.1, -0.05) is 36.4 Å². The highest BCUT2D eigenvalue weighted by atomic mass is 16.7. The number of ether oxygens (including phenoxy) is 2. The smallest absolute Gasteiger partial charge is 0.246 e. The fourth-order valence-corrected chi connectivity index (χ4v) is 3.26. The van der Waals surface area contributed by atoms with Crippen molar-refractivity contribution in [2.75, 3.05) is 13.3 Å². The Morgan fingerprint density at radius 1 is 1.00 bits per heavy atom. The Labute approximate surface area is 151 Å². The van der Waals surface area contributed by atoms with Crippen LogP contribution in [0.4, 0.5) is 0 Å². The molecule has 1 N–H and O–H groups in total. The molecule has 0 spiro atoms. The van der Waals surface area contributed by atoms with Gasteiger partial charge in [-0.15, -0.1) is 0 Å². The number of nitrogens with zero attached hydrogens (tertiary/aromatic N) is 1. The average Bonchev–Trinajstić information content (AvgIpc) is 3.23. The summed E-state index contributed by atoms with van der Waals surface area (Å²) in [4.78, 5) is 26.1. The maximum Gasteiger partial charge on any atom is 0.246 e. The molecule has 0 radical (unpaired) electrons. The fraction of sp³-hybridized carbons (Fsp3) is 0.300. The van der Waals surface area contributed by atoms with E-state index in [4.69, 9.17) is 9.47 Å². The van der Waals surface area contributed by atoms with E-state index in [0.717, 1.165) is 16.9 Å². The molecule has 2 heterocycles. The average molecular weight is 352 g/mol. The molecule has 0 aromatic heterocycles.